The van der Waals surface area contributed by atoms with Crippen LogP contribution in [0.3, 0.4) is 0 Å². The quantitative estimate of drug-likeness (QED) is 0.830. The molecule has 0 aromatic heterocycles. The summed E-state index contributed by atoms with van der Waals surface area (Å²) in [5.41, 5.74) is -2.12. The summed E-state index contributed by atoms with van der Waals surface area (Å²) in [5.74, 6) is -0.589. The van der Waals surface area contributed by atoms with E-state index in [9.17, 15) is 18.0 Å². The van der Waals surface area contributed by atoms with Gasteiger partial charge >= 0.3 is 6.18 Å². The predicted molar refractivity (Wildman–Crippen MR) is 62.1 cm³/mol. The zero-order valence-corrected chi connectivity index (χ0v) is 10.6. The fraction of sp³-hybridized carbons (Fsp3) is 0.923. The third-order valence-corrected chi connectivity index (χ3v) is 4.48. The van der Waals surface area contributed by atoms with Crippen LogP contribution < -0.4 is 5.32 Å². The van der Waals surface area contributed by atoms with E-state index in [-0.39, 0.29) is 19.5 Å². The highest BCUT2D eigenvalue weighted by molar-refractivity contribution is 5.88. The minimum absolute atomic E-state index is 0.0970. The smallest absolute Gasteiger partial charge is 0.315 e. The highest BCUT2D eigenvalue weighted by Crippen LogP contribution is 2.47. The van der Waals surface area contributed by atoms with Crippen molar-refractivity contribution in [1.82, 2.24) is 5.32 Å². The summed E-state index contributed by atoms with van der Waals surface area (Å²) in [5, 5.41) is 2.71. The Balaban J connectivity index is 2.19. The van der Waals surface area contributed by atoms with Crippen LogP contribution in [0.4, 0.5) is 13.2 Å². The summed E-state index contributed by atoms with van der Waals surface area (Å²) >= 11 is 0. The molecule has 2 fully saturated rings. The van der Waals surface area contributed by atoms with Gasteiger partial charge in [0.2, 0.25) is 0 Å². The Labute approximate surface area is 105 Å². The molecule has 18 heavy (non-hydrogen) atoms. The maximum absolute atomic E-state index is 13.3. The molecular formula is C13H20F3NO. The second-order valence-corrected chi connectivity index (χ2v) is 5.84. The fourth-order valence-electron chi connectivity index (χ4n) is 3.35. The van der Waals surface area contributed by atoms with Crippen LogP contribution in [0.5, 0.6) is 0 Å². The van der Waals surface area contributed by atoms with Gasteiger partial charge in [-0.05, 0) is 31.7 Å². The van der Waals surface area contributed by atoms with Gasteiger partial charge in [0.25, 0.3) is 0 Å². The van der Waals surface area contributed by atoms with Crippen molar-refractivity contribution < 1.29 is 18.0 Å². The van der Waals surface area contributed by atoms with Gasteiger partial charge in [-0.25, -0.2) is 0 Å². The average Bonchev–Trinajstić information content (AvgIpc) is 2.77. The molecule has 3 unspecified atom stereocenters. The first-order valence-corrected chi connectivity index (χ1v) is 6.68. The van der Waals surface area contributed by atoms with E-state index >= 15 is 0 Å². The van der Waals surface area contributed by atoms with Crippen molar-refractivity contribution in [2.45, 2.75) is 45.2 Å². The van der Waals surface area contributed by atoms with Crippen LogP contribution in [-0.4, -0.2) is 25.0 Å². The molecule has 0 radical (unpaired) electrons. The van der Waals surface area contributed by atoms with Crippen LogP contribution in [0.25, 0.3) is 0 Å². The van der Waals surface area contributed by atoms with Crippen molar-refractivity contribution in [1.29, 1.82) is 0 Å². The molecule has 0 aromatic rings. The molecule has 0 spiro atoms. The molecular weight excluding hydrogens is 243 g/mol. The molecule has 1 saturated heterocycles. The maximum Gasteiger partial charge on any atom is 0.402 e. The lowest BCUT2D eigenvalue weighted by Crippen LogP contribution is -2.50. The van der Waals surface area contributed by atoms with Gasteiger partial charge in [-0.3, -0.25) is 4.79 Å². The van der Waals surface area contributed by atoms with Gasteiger partial charge in [-0.2, -0.15) is 13.2 Å². The van der Waals surface area contributed by atoms with Gasteiger partial charge in [0.05, 0.1) is 0 Å². The molecule has 2 rings (SSSR count). The molecule has 104 valence electrons. The van der Waals surface area contributed by atoms with Crippen LogP contribution in [0.2, 0.25) is 0 Å². The van der Waals surface area contributed by atoms with E-state index in [2.05, 4.69) is 5.32 Å². The average molecular weight is 263 g/mol. The van der Waals surface area contributed by atoms with E-state index < -0.39 is 23.3 Å². The Kier molecular flexibility index (Phi) is 3.72. The summed E-state index contributed by atoms with van der Waals surface area (Å²) in [6.07, 6.45) is -1.37. The van der Waals surface area contributed by atoms with E-state index in [1.165, 1.54) is 0 Å². The molecule has 1 heterocycles. The molecule has 0 aromatic carbocycles. The standard InChI is InChI=1S/C13H20F3NO/c1-9-3-2-4-10(7-9)11(18)12(13(14,15)16)5-6-17-8-12/h9-10,17H,2-8H2,1H3. The number of nitrogens with one attached hydrogen (secondary N) is 1. The first-order chi connectivity index (χ1) is 8.37. The van der Waals surface area contributed by atoms with Gasteiger partial charge in [-0.15, -0.1) is 0 Å². The first kappa shape index (κ1) is 13.8. The summed E-state index contributed by atoms with van der Waals surface area (Å²) in [6.45, 7) is 2.07. The molecule has 1 saturated carbocycles. The second kappa shape index (κ2) is 4.83. The lowest BCUT2D eigenvalue weighted by Gasteiger charge is -2.35. The Morgan fingerprint density at radius 3 is 2.56 bits per heavy atom. The summed E-state index contributed by atoms with van der Waals surface area (Å²) in [7, 11) is 0. The second-order valence-electron chi connectivity index (χ2n) is 5.84. The molecule has 0 amide bonds. The monoisotopic (exact) mass is 263 g/mol. The number of Topliss-reactive ketones (excluding diaryl/α,β-unsaturated/α-hetero) is 1. The topological polar surface area (TPSA) is 29.1 Å². The highest BCUT2D eigenvalue weighted by Gasteiger charge is 2.62. The number of hydrogen-bond donors (Lipinski definition) is 1. The van der Waals surface area contributed by atoms with Crippen molar-refractivity contribution in [2.24, 2.45) is 17.3 Å². The number of halogens is 3. The summed E-state index contributed by atoms with van der Waals surface area (Å²) in [4.78, 5) is 12.4. The third kappa shape index (κ3) is 2.29. The summed E-state index contributed by atoms with van der Waals surface area (Å²) in [6, 6.07) is 0. The van der Waals surface area contributed by atoms with Crippen molar-refractivity contribution in [3.8, 4) is 0 Å². The normalized spacial score (nSPS) is 37.8. The minimum atomic E-state index is -4.42. The van der Waals surface area contributed by atoms with Crippen LogP contribution in [-0.2, 0) is 4.79 Å². The number of alkyl halides is 3. The van der Waals surface area contributed by atoms with Crippen LogP contribution in [0.15, 0.2) is 0 Å². The number of hydrogen-bond acceptors (Lipinski definition) is 2. The van der Waals surface area contributed by atoms with Crippen molar-refractivity contribution >= 4 is 5.78 Å². The Morgan fingerprint density at radius 1 is 1.33 bits per heavy atom. The van der Waals surface area contributed by atoms with E-state index in [0.29, 0.717) is 18.8 Å². The minimum Gasteiger partial charge on any atom is -0.315 e. The van der Waals surface area contributed by atoms with E-state index in [4.69, 9.17) is 0 Å². The van der Waals surface area contributed by atoms with Gasteiger partial charge in [0, 0.05) is 12.5 Å². The summed E-state index contributed by atoms with van der Waals surface area (Å²) < 4.78 is 39.8. The number of ketones is 1. The van der Waals surface area contributed by atoms with Crippen LogP contribution >= 0.6 is 0 Å². The third-order valence-electron chi connectivity index (χ3n) is 4.48. The van der Waals surface area contributed by atoms with E-state index in [1.54, 1.807) is 0 Å². The maximum atomic E-state index is 13.3. The first-order valence-electron chi connectivity index (χ1n) is 6.68. The van der Waals surface area contributed by atoms with Gasteiger partial charge in [0.15, 0.2) is 5.78 Å². The number of carbonyl (C=O) groups is 1. The fourth-order valence-corrected chi connectivity index (χ4v) is 3.35. The van der Waals surface area contributed by atoms with Crippen molar-refractivity contribution in [3.05, 3.63) is 0 Å². The van der Waals surface area contributed by atoms with Crippen molar-refractivity contribution in [2.75, 3.05) is 13.1 Å². The largest absolute Gasteiger partial charge is 0.402 e. The lowest BCUT2D eigenvalue weighted by atomic mass is 9.70. The number of carbonyl (C=O) groups excluding carboxylic acids is 1. The van der Waals surface area contributed by atoms with Gasteiger partial charge in [0.1, 0.15) is 5.41 Å². The highest BCUT2D eigenvalue weighted by atomic mass is 19.4. The van der Waals surface area contributed by atoms with Crippen LogP contribution in [0, 0.1) is 17.3 Å². The molecule has 1 aliphatic carbocycles. The molecule has 1 aliphatic heterocycles. The zero-order valence-electron chi connectivity index (χ0n) is 10.6. The molecule has 2 aliphatic rings. The Hall–Kier alpha value is -0.580. The Bertz CT molecular complexity index is 321. The van der Waals surface area contributed by atoms with E-state index in [1.807, 2.05) is 6.92 Å². The van der Waals surface area contributed by atoms with Crippen LogP contribution in [0.1, 0.15) is 39.0 Å². The molecule has 3 atom stereocenters. The molecule has 1 N–H and O–H groups in total. The molecule has 2 nitrogen and oxygen atoms in total. The van der Waals surface area contributed by atoms with Gasteiger partial charge < -0.3 is 5.32 Å². The van der Waals surface area contributed by atoms with Crippen molar-refractivity contribution in [3.63, 3.8) is 0 Å². The lowest BCUT2D eigenvalue weighted by molar-refractivity contribution is -0.217. The zero-order chi connectivity index (χ0) is 13.4. The Morgan fingerprint density at radius 2 is 2.06 bits per heavy atom. The molecule has 5 heteroatoms. The number of rotatable bonds is 2. The predicted octanol–water partition coefficient (Wildman–Crippen LogP) is 2.92. The SMILES string of the molecule is CC1CCCC(C(=O)C2(C(F)(F)F)CCNC2)C1. The van der Waals surface area contributed by atoms with E-state index in [0.717, 1.165) is 12.8 Å². The van der Waals surface area contributed by atoms with Gasteiger partial charge in [-0.1, -0.05) is 19.8 Å². The molecule has 0 bridgehead atoms.